The van der Waals surface area contributed by atoms with Crippen molar-refractivity contribution in [3.63, 3.8) is 0 Å². The molecular formula is C8H14O3. The Morgan fingerprint density at radius 1 is 1.73 bits per heavy atom. The van der Waals surface area contributed by atoms with Gasteiger partial charge in [-0.1, -0.05) is 13.8 Å². The van der Waals surface area contributed by atoms with Crippen molar-refractivity contribution in [2.75, 3.05) is 6.61 Å². The minimum Gasteiger partial charge on any atom is -0.460 e. The normalized spacial score (nSPS) is 31.1. The maximum Gasteiger partial charge on any atom is 0.309 e. The van der Waals surface area contributed by atoms with Crippen molar-refractivity contribution in [3.8, 4) is 0 Å². The molecule has 3 heteroatoms. The average molecular weight is 158 g/mol. The van der Waals surface area contributed by atoms with E-state index in [0.29, 0.717) is 12.3 Å². The number of aliphatic hydroxyl groups is 1. The van der Waals surface area contributed by atoms with Crippen LogP contribution in [0.5, 0.6) is 0 Å². The molecule has 0 amide bonds. The van der Waals surface area contributed by atoms with E-state index in [1.807, 2.05) is 13.8 Å². The Kier molecular flexibility index (Phi) is 2.49. The van der Waals surface area contributed by atoms with Crippen LogP contribution < -0.4 is 0 Å². The summed E-state index contributed by atoms with van der Waals surface area (Å²) in [4.78, 5) is 11.1. The Bertz CT molecular complexity index is 153. The van der Waals surface area contributed by atoms with E-state index >= 15 is 0 Å². The van der Waals surface area contributed by atoms with Crippen LogP contribution in [0.3, 0.4) is 0 Å². The van der Waals surface area contributed by atoms with E-state index in [9.17, 15) is 4.79 Å². The molecule has 0 radical (unpaired) electrons. The van der Waals surface area contributed by atoms with Gasteiger partial charge in [-0.25, -0.2) is 0 Å². The lowest BCUT2D eigenvalue weighted by Gasteiger charge is -2.07. The fraction of sp³-hybridized carbons (Fsp3) is 0.875. The lowest BCUT2D eigenvalue weighted by atomic mass is 9.93. The van der Waals surface area contributed by atoms with E-state index in [1.54, 1.807) is 0 Å². The number of rotatable bonds is 2. The molecule has 0 spiro atoms. The Labute approximate surface area is 66.4 Å². The molecule has 0 aromatic rings. The summed E-state index contributed by atoms with van der Waals surface area (Å²) < 4.78 is 4.90. The zero-order valence-electron chi connectivity index (χ0n) is 6.91. The van der Waals surface area contributed by atoms with E-state index in [2.05, 4.69) is 0 Å². The summed E-state index contributed by atoms with van der Waals surface area (Å²) in [5.74, 6) is 0.158. The largest absolute Gasteiger partial charge is 0.460 e. The van der Waals surface area contributed by atoms with Gasteiger partial charge in [-0.15, -0.1) is 0 Å². The lowest BCUT2D eigenvalue weighted by Crippen LogP contribution is -2.13. The quantitative estimate of drug-likeness (QED) is 0.597. The molecular weight excluding hydrogens is 144 g/mol. The fourth-order valence-corrected chi connectivity index (χ4v) is 1.34. The Morgan fingerprint density at radius 2 is 2.36 bits per heavy atom. The molecule has 1 rings (SSSR count). The molecule has 0 aromatic heterocycles. The third-order valence-corrected chi connectivity index (χ3v) is 2.11. The molecule has 2 atom stereocenters. The van der Waals surface area contributed by atoms with Crippen LogP contribution in [-0.2, 0) is 9.53 Å². The van der Waals surface area contributed by atoms with Gasteiger partial charge in [0.1, 0.15) is 6.10 Å². The standard InChI is InChI=1S/C8H14O3/c1-5(2)7-3-6(4-9)11-8(7)10/h5-7,9H,3-4H2,1-2H3/t6-,7-/m1/s1. The van der Waals surface area contributed by atoms with Crippen LogP contribution >= 0.6 is 0 Å². The highest BCUT2D eigenvalue weighted by molar-refractivity contribution is 5.74. The molecule has 0 saturated carbocycles. The summed E-state index contributed by atoms with van der Waals surface area (Å²) in [6.07, 6.45) is 0.419. The highest BCUT2D eigenvalue weighted by atomic mass is 16.6. The van der Waals surface area contributed by atoms with Crippen molar-refractivity contribution in [1.82, 2.24) is 0 Å². The third kappa shape index (κ3) is 1.71. The van der Waals surface area contributed by atoms with Gasteiger partial charge in [-0.3, -0.25) is 4.79 Å². The van der Waals surface area contributed by atoms with Gasteiger partial charge in [-0.05, 0) is 5.92 Å². The van der Waals surface area contributed by atoms with Gasteiger partial charge in [-0.2, -0.15) is 0 Å². The molecule has 1 aliphatic heterocycles. The van der Waals surface area contributed by atoms with Gasteiger partial charge in [0.15, 0.2) is 0 Å². The van der Waals surface area contributed by atoms with Gasteiger partial charge in [0, 0.05) is 6.42 Å². The summed E-state index contributed by atoms with van der Waals surface area (Å²) in [6, 6.07) is 0. The van der Waals surface area contributed by atoms with Gasteiger partial charge in [0.2, 0.25) is 0 Å². The topological polar surface area (TPSA) is 46.5 Å². The first-order chi connectivity index (χ1) is 5.15. The molecule has 0 aliphatic carbocycles. The van der Waals surface area contributed by atoms with E-state index in [1.165, 1.54) is 0 Å². The van der Waals surface area contributed by atoms with Crippen molar-refractivity contribution in [3.05, 3.63) is 0 Å². The maximum absolute atomic E-state index is 11.1. The van der Waals surface area contributed by atoms with Crippen molar-refractivity contribution in [1.29, 1.82) is 0 Å². The molecule has 64 valence electrons. The molecule has 0 aromatic carbocycles. The van der Waals surface area contributed by atoms with E-state index in [4.69, 9.17) is 9.84 Å². The number of carbonyl (C=O) groups excluding carboxylic acids is 1. The molecule has 1 fully saturated rings. The molecule has 1 saturated heterocycles. The molecule has 1 N–H and O–H groups in total. The molecule has 1 aliphatic rings. The van der Waals surface area contributed by atoms with E-state index < -0.39 is 0 Å². The first kappa shape index (κ1) is 8.53. The number of aliphatic hydroxyl groups excluding tert-OH is 1. The predicted octanol–water partition coefficient (Wildman–Crippen LogP) is 0.566. The second kappa shape index (κ2) is 3.22. The zero-order chi connectivity index (χ0) is 8.43. The second-order valence-corrected chi connectivity index (χ2v) is 3.33. The van der Waals surface area contributed by atoms with Crippen LogP contribution in [0.2, 0.25) is 0 Å². The number of esters is 1. The van der Waals surface area contributed by atoms with Gasteiger partial charge in [0.05, 0.1) is 12.5 Å². The van der Waals surface area contributed by atoms with Gasteiger partial charge >= 0.3 is 5.97 Å². The van der Waals surface area contributed by atoms with Gasteiger partial charge < -0.3 is 9.84 Å². The van der Waals surface area contributed by atoms with Crippen molar-refractivity contribution < 1.29 is 14.6 Å². The monoisotopic (exact) mass is 158 g/mol. The van der Waals surface area contributed by atoms with Crippen LogP contribution in [0.1, 0.15) is 20.3 Å². The van der Waals surface area contributed by atoms with Crippen molar-refractivity contribution in [2.45, 2.75) is 26.4 Å². The number of cyclic esters (lactones) is 1. The van der Waals surface area contributed by atoms with Crippen LogP contribution in [0.25, 0.3) is 0 Å². The summed E-state index contributed by atoms with van der Waals surface area (Å²) in [5, 5.41) is 8.71. The van der Waals surface area contributed by atoms with Crippen LogP contribution in [0.15, 0.2) is 0 Å². The Balaban J connectivity index is 2.52. The summed E-state index contributed by atoms with van der Waals surface area (Å²) in [5.41, 5.74) is 0. The van der Waals surface area contributed by atoms with E-state index in [-0.39, 0.29) is 24.6 Å². The Morgan fingerprint density at radius 3 is 2.64 bits per heavy atom. The maximum atomic E-state index is 11.1. The summed E-state index contributed by atoms with van der Waals surface area (Å²) in [6.45, 7) is 3.94. The van der Waals surface area contributed by atoms with Crippen LogP contribution in [0, 0.1) is 11.8 Å². The minimum absolute atomic E-state index is 0.00727. The van der Waals surface area contributed by atoms with Crippen LogP contribution in [-0.4, -0.2) is 23.8 Å². The average Bonchev–Trinajstić information content (AvgIpc) is 2.30. The summed E-state index contributed by atoms with van der Waals surface area (Å²) >= 11 is 0. The molecule has 3 nitrogen and oxygen atoms in total. The highest BCUT2D eigenvalue weighted by Gasteiger charge is 2.35. The van der Waals surface area contributed by atoms with Crippen molar-refractivity contribution >= 4 is 5.97 Å². The SMILES string of the molecule is CC(C)[C@H]1C[C@H](CO)OC1=O. The minimum atomic E-state index is -0.255. The number of hydrogen-bond donors (Lipinski definition) is 1. The van der Waals surface area contributed by atoms with Crippen LogP contribution in [0.4, 0.5) is 0 Å². The predicted molar refractivity (Wildman–Crippen MR) is 39.9 cm³/mol. The Hall–Kier alpha value is -0.570. The number of hydrogen-bond acceptors (Lipinski definition) is 3. The third-order valence-electron chi connectivity index (χ3n) is 2.11. The molecule has 1 heterocycles. The summed E-state index contributed by atoms with van der Waals surface area (Å²) in [7, 11) is 0. The van der Waals surface area contributed by atoms with Crippen molar-refractivity contribution in [2.24, 2.45) is 11.8 Å². The first-order valence-corrected chi connectivity index (χ1v) is 3.96. The fourth-order valence-electron chi connectivity index (χ4n) is 1.34. The molecule has 0 unspecified atom stereocenters. The lowest BCUT2D eigenvalue weighted by molar-refractivity contribution is -0.146. The van der Waals surface area contributed by atoms with E-state index in [0.717, 1.165) is 0 Å². The first-order valence-electron chi connectivity index (χ1n) is 3.96. The number of carbonyl (C=O) groups is 1. The second-order valence-electron chi connectivity index (χ2n) is 3.33. The smallest absolute Gasteiger partial charge is 0.309 e. The molecule has 0 bridgehead atoms. The van der Waals surface area contributed by atoms with Gasteiger partial charge in [0.25, 0.3) is 0 Å². The molecule has 11 heavy (non-hydrogen) atoms. The number of ether oxygens (including phenoxy) is 1. The zero-order valence-corrected chi connectivity index (χ0v) is 6.91. The highest BCUT2D eigenvalue weighted by Crippen LogP contribution is 2.26.